The molecule has 0 spiro atoms. The second kappa shape index (κ2) is 13.9. The molecule has 288 valence electrons. The van der Waals surface area contributed by atoms with Crippen molar-refractivity contribution < 1.29 is 0 Å². The standard InChI is InChI=1S/C56H42BN3Si/c1-39-31-33-50-54(35-39)61(44-23-11-5-12-24-44,45-25-13-6-14-26-45)55-36-40(2)32-34-51(55)60(50)43-37-52-56-53(38-43)59(42-21-9-4-10-22-42)49-30-18-16-28-47(49)57(56)46-27-15-17-29-48(46)58(52)41-19-7-3-8-20-41/h3-38H,1-2H3. The Labute approximate surface area is 359 Å². The Hall–Kier alpha value is -7.34. The maximum absolute atomic E-state index is 2.85. The zero-order chi connectivity index (χ0) is 40.7. The second-order valence-electron chi connectivity index (χ2n) is 16.6. The van der Waals surface area contributed by atoms with Crippen LogP contribution in [-0.2, 0) is 0 Å². The van der Waals surface area contributed by atoms with Gasteiger partial charge in [-0.25, -0.2) is 0 Å². The largest absolute Gasteiger partial charge is 0.311 e. The van der Waals surface area contributed by atoms with Gasteiger partial charge < -0.3 is 14.7 Å². The zero-order valence-corrected chi connectivity index (χ0v) is 35.2. The summed E-state index contributed by atoms with van der Waals surface area (Å²) in [6, 6.07) is 82.0. The summed E-state index contributed by atoms with van der Waals surface area (Å²) in [4.78, 5) is 7.60. The third-order valence-corrected chi connectivity index (χ3v) is 18.0. The van der Waals surface area contributed by atoms with Gasteiger partial charge in [-0.1, -0.05) is 169 Å². The Morgan fingerprint density at radius 1 is 0.328 bits per heavy atom. The molecule has 0 saturated carbocycles. The van der Waals surface area contributed by atoms with Crippen LogP contribution in [-0.4, -0.2) is 14.8 Å². The van der Waals surface area contributed by atoms with Gasteiger partial charge in [-0.2, -0.15) is 0 Å². The minimum Gasteiger partial charge on any atom is -0.311 e. The molecule has 0 atom stereocenters. The molecule has 0 N–H and O–H groups in total. The van der Waals surface area contributed by atoms with Crippen molar-refractivity contribution in [1.82, 2.24) is 0 Å². The molecule has 3 aliphatic heterocycles. The first-order valence-corrected chi connectivity index (χ1v) is 23.3. The highest BCUT2D eigenvalue weighted by Crippen LogP contribution is 2.48. The fraction of sp³-hybridized carbons (Fsp3) is 0.0357. The number of hydrogen-bond acceptors (Lipinski definition) is 3. The van der Waals surface area contributed by atoms with Crippen LogP contribution in [0, 0.1) is 13.8 Å². The van der Waals surface area contributed by atoms with Crippen molar-refractivity contribution in [3.63, 3.8) is 0 Å². The average Bonchev–Trinajstić information content (AvgIpc) is 3.31. The van der Waals surface area contributed by atoms with Crippen LogP contribution in [0.3, 0.4) is 0 Å². The molecule has 3 heterocycles. The first-order chi connectivity index (χ1) is 30.1. The van der Waals surface area contributed by atoms with E-state index in [9.17, 15) is 0 Å². The van der Waals surface area contributed by atoms with Crippen LogP contribution < -0.4 is 51.8 Å². The number of para-hydroxylation sites is 4. The van der Waals surface area contributed by atoms with Gasteiger partial charge in [0, 0.05) is 45.5 Å². The highest BCUT2D eigenvalue weighted by atomic mass is 28.3. The highest BCUT2D eigenvalue weighted by Gasteiger charge is 2.50. The molecule has 0 aliphatic carbocycles. The Morgan fingerprint density at radius 2 is 0.705 bits per heavy atom. The predicted molar refractivity (Wildman–Crippen MR) is 262 cm³/mol. The minimum atomic E-state index is -2.85. The topological polar surface area (TPSA) is 9.72 Å². The van der Waals surface area contributed by atoms with Crippen molar-refractivity contribution in [3.05, 3.63) is 230 Å². The molecule has 9 aromatic rings. The number of anilines is 9. The number of fused-ring (bicyclic) bond motifs is 6. The third-order valence-electron chi connectivity index (χ3n) is 13.2. The van der Waals surface area contributed by atoms with Crippen LogP contribution in [0.2, 0.25) is 0 Å². The normalized spacial score (nSPS) is 14.1. The Bertz CT molecular complexity index is 2930. The maximum atomic E-state index is 2.58. The molecule has 0 aromatic heterocycles. The molecule has 0 bridgehead atoms. The van der Waals surface area contributed by atoms with Crippen LogP contribution >= 0.6 is 0 Å². The minimum absolute atomic E-state index is 0.0498. The van der Waals surface area contributed by atoms with Crippen molar-refractivity contribution in [2.75, 3.05) is 14.7 Å². The summed E-state index contributed by atoms with van der Waals surface area (Å²) in [7, 11) is -2.85. The van der Waals surface area contributed by atoms with E-state index in [-0.39, 0.29) is 6.71 Å². The van der Waals surface area contributed by atoms with E-state index in [0.29, 0.717) is 0 Å². The molecule has 12 rings (SSSR count). The summed E-state index contributed by atoms with van der Waals surface area (Å²) < 4.78 is 0. The number of nitrogens with zero attached hydrogens (tertiary/aromatic N) is 3. The lowest BCUT2D eigenvalue weighted by Crippen LogP contribution is -2.77. The van der Waals surface area contributed by atoms with Crippen molar-refractivity contribution in [1.29, 1.82) is 0 Å². The van der Waals surface area contributed by atoms with E-state index in [0.717, 1.165) is 17.1 Å². The van der Waals surface area contributed by atoms with E-state index in [4.69, 9.17) is 0 Å². The summed E-state index contributed by atoms with van der Waals surface area (Å²) >= 11 is 0. The second-order valence-corrected chi connectivity index (χ2v) is 20.4. The summed E-state index contributed by atoms with van der Waals surface area (Å²) in [5, 5.41) is 5.59. The van der Waals surface area contributed by atoms with Crippen molar-refractivity contribution >= 4 is 103 Å². The number of rotatable bonds is 5. The number of benzene rings is 9. The van der Waals surface area contributed by atoms with Crippen LogP contribution in [0.25, 0.3) is 0 Å². The van der Waals surface area contributed by atoms with E-state index in [1.54, 1.807) is 0 Å². The van der Waals surface area contributed by atoms with E-state index < -0.39 is 8.07 Å². The SMILES string of the molecule is Cc1ccc2c(c1)[Si](c1ccccc1)(c1ccccc1)c1cc(C)ccc1N2c1cc2c3c(c1)N(c1ccccc1)c1ccccc1B3c1ccccc1N2c1ccccc1. The smallest absolute Gasteiger partial charge is 0.252 e. The number of hydrogen-bond donors (Lipinski definition) is 0. The number of aryl methyl sites for hydroxylation is 2. The van der Waals surface area contributed by atoms with Gasteiger partial charge in [-0.15, -0.1) is 0 Å². The molecule has 5 heteroatoms. The molecular weight excluding hydrogens is 754 g/mol. The van der Waals surface area contributed by atoms with E-state index in [1.807, 2.05) is 0 Å². The molecule has 9 aromatic carbocycles. The van der Waals surface area contributed by atoms with E-state index >= 15 is 0 Å². The fourth-order valence-corrected chi connectivity index (χ4v) is 16.0. The molecule has 0 saturated heterocycles. The highest BCUT2D eigenvalue weighted by molar-refractivity contribution is 7.21. The van der Waals surface area contributed by atoms with Gasteiger partial charge in [0.05, 0.1) is 5.69 Å². The lowest BCUT2D eigenvalue weighted by molar-refractivity contribution is 1.22. The molecule has 0 unspecified atom stereocenters. The lowest BCUT2D eigenvalue weighted by atomic mass is 9.33. The summed E-state index contributed by atoms with van der Waals surface area (Å²) in [6.07, 6.45) is 0. The summed E-state index contributed by atoms with van der Waals surface area (Å²) in [5.41, 5.74) is 17.2. The molecule has 0 amide bonds. The van der Waals surface area contributed by atoms with Crippen LogP contribution in [0.5, 0.6) is 0 Å². The fourth-order valence-electron chi connectivity index (χ4n) is 10.7. The van der Waals surface area contributed by atoms with Gasteiger partial charge >= 0.3 is 0 Å². The van der Waals surface area contributed by atoms with Gasteiger partial charge in [0.2, 0.25) is 0 Å². The lowest BCUT2D eigenvalue weighted by Gasteiger charge is -2.47. The third kappa shape index (κ3) is 5.24. The monoisotopic (exact) mass is 795 g/mol. The van der Waals surface area contributed by atoms with Gasteiger partial charge in [0.25, 0.3) is 6.71 Å². The molecule has 0 fully saturated rings. The first-order valence-electron chi connectivity index (χ1n) is 21.3. The molecule has 3 aliphatic rings. The van der Waals surface area contributed by atoms with Gasteiger partial charge in [-0.3, -0.25) is 0 Å². The van der Waals surface area contributed by atoms with E-state index in [2.05, 4.69) is 247 Å². The Kier molecular flexibility index (Phi) is 8.09. The Morgan fingerprint density at radius 3 is 1.15 bits per heavy atom. The van der Waals surface area contributed by atoms with Crippen molar-refractivity contribution in [3.8, 4) is 0 Å². The van der Waals surface area contributed by atoms with Gasteiger partial charge in [0.15, 0.2) is 8.07 Å². The predicted octanol–water partition coefficient (Wildman–Crippen LogP) is 9.55. The van der Waals surface area contributed by atoms with Crippen molar-refractivity contribution in [2.45, 2.75) is 13.8 Å². The van der Waals surface area contributed by atoms with Gasteiger partial charge in [-0.05, 0) is 112 Å². The van der Waals surface area contributed by atoms with Crippen LogP contribution in [0.15, 0.2) is 218 Å². The first kappa shape index (κ1) is 35.6. The summed E-state index contributed by atoms with van der Waals surface area (Å²) in [6.45, 7) is 4.55. The average molecular weight is 796 g/mol. The van der Waals surface area contributed by atoms with Crippen LogP contribution in [0.1, 0.15) is 11.1 Å². The van der Waals surface area contributed by atoms with Crippen molar-refractivity contribution in [2.24, 2.45) is 0 Å². The van der Waals surface area contributed by atoms with Gasteiger partial charge in [0.1, 0.15) is 0 Å². The summed E-state index contributed by atoms with van der Waals surface area (Å²) in [5.74, 6) is 0. The quantitative estimate of drug-likeness (QED) is 0.161. The molecule has 3 nitrogen and oxygen atoms in total. The van der Waals surface area contributed by atoms with Crippen LogP contribution in [0.4, 0.5) is 51.2 Å². The Balaban J connectivity index is 1.21. The molecular formula is C56H42BN3Si. The zero-order valence-electron chi connectivity index (χ0n) is 34.2. The molecule has 61 heavy (non-hydrogen) atoms. The van der Waals surface area contributed by atoms with E-state index in [1.165, 1.54) is 82.4 Å². The molecule has 0 radical (unpaired) electrons. The maximum Gasteiger partial charge on any atom is 0.252 e.